The molecule has 5 heteroatoms. The van der Waals surface area contributed by atoms with Gasteiger partial charge in [0, 0.05) is 38.4 Å². The van der Waals surface area contributed by atoms with Gasteiger partial charge >= 0.3 is 6.09 Å². The lowest BCUT2D eigenvalue weighted by Crippen LogP contribution is -2.47. The number of carbonyl (C=O) groups is 1. The van der Waals surface area contributed by atoms with Crippen LogP contribution in [0.4, 0.5) is 10.5 Å². The van der Waals surface area contributed by atoms with Crippen LogP contribution in [0.25, 0.3) is 0 Å². The Balaban J connectivity index is 1.06. The predicted octanol–water partition coefficient (Wildman–Crippen LogP) is 4.54. The third-order valence-electron chi connectivity index (χ3n) is 10.0. The van der Waals surface area contributed by atoms with Gasteiger partial charge in [0.25, 0.3) is 0 Å². The quantitative estimate of drug-likeness (QED) is 0.757. The Morgan fingerprint density at radius 2 is 1.69 bits per heavy atom. The van der Waals surface area contributed by atoms with E-state index in [1.54, 1.807) is 0 Å². The fraction of sp³-hybridized carbons (Fsp3) is 0.741. The number of rotatable bonds is 3. The van der Waals surface area contributed by atoms with Crippen LogP contribution in [-0.4, -0.2) is 50.3 Å². The van der Waals surface area contributed by atoms with Crippen LogP contribution in [0.5, 0.6) is 0 Å². The molecule has 2 atom stereocenters. The molecular weight excluding hydrogens is 398 g/mol. The van der Waals surface area contributed by atoms with Crippen LogP contribution in [0.1, 0.15) is 68.0 Å². The molecule has 5 aliphatic carbocycles. The molecule has 1 aromatic rings. The minimum atomic E-state index is -0.0531. The molecule has 2 heterocycles. The summed E-state index contributed by atoms with van der Waals surface area (Å²) in [5.74, 6) is 4.82. The summed E-state index contributed by atoms with van der Waals surface area (Å²) in [6.07, 6.45) is 9.15. The van der Waals surface area contributed by atoms with E-state index in [9.17, 15) is 4.79 Å². The maximum absolute atomic E-state index is 13.3. The normalized spacial score (nSPS) is 39.3. The first kappa shape index (κ1) is 19.7. The highest BCUT2D eigenvalue weighted by Crippen LogP contribution is 2.56. The Bertz CT molecular complexity index is 867. The highest BCUT2D eigenvalue weighted by atomic mass is 16.6. The Hall–Kier alpha value is -1.75. The fourth-order valence-corrected chi connectivity index (χ4v) is 8.66. The standard InChI is InChI=1S/C27H37N3O2/c31-27(32-16-25-20-10-17-9-18(12-20)13-21(25)11-17)30-6-3-19-14-26(30)24-15-22(1-2-23(19)24)29-7-4-28-5-8-29/h1-2,15,17-21,25-26,28H,3-14,16H2. The Morgan fingerprint density at radius 1 is 0.938 bits per heavy atom. The molecular formula is C27H37N3O2. The van der Waals surface area contributed by atoms with E-state index < -0.39 is 0 Å². The van der Waals surface area contributed by atoms with E-state index in [0.29, 0.717) is 18.4 Å². The summed E-state index contributed by atoms with van der Waals surface area (Å²) in [5, 5.41) is 3.44. The van der Waals surface area contributed by atoms with E-state index in [-0.39, 0.29) is 12.1 Å². The smallest absolute Gasteiger partial charge is 0.410 e. The van der Waals surface area contributed by atoms with E-state index in [2.05, 4.69) is 33.3 Å². The molecule has 5 nitrogen and oxygen atoms in total. The van der Waals surface area contributed by atoms with Crippen molar-refractivity contribution in [2.45, 2.75) is 56.9 Å². The van der Waals surface area contributed by atoms with Crippen LogP contribution < -0.4 is 10.2 Å². The zero-order valence-electron chi connectivity index (χ0n) is 19.2. The highest BCUT2D eigenvalue weighted by molar-refractivity contribution is 5.70. The number of fused-ring (bicyclic) bond motifs is 5. The second-order valence-electron chi connectivity index (χ2n) is 11.7. The van der Waals surface area contributed by atoms with Crippen molar-refractivity contribution in [3.63, 3.8) is 0 Å². The summed E-state index contributed by atoms with van der Waals surface area (Å²) in [5.41, 5.74) is 4.18. The number of benzene rings is 1. The molecule has 4 saturated carbocycles. The van der Waals surface area contributed by atoms with Crippen LogP contribution in [0.15, 0.2) is 18.2 Å². The summed E-state index contributed by atoms with van der Waals surface area (Å²) < 4.78 is 6.09. The van der Waals surface area contributed by atoms with Crippen molar-refractivity contribution in [2.75, 3.05) is 44.2 Å². The van der Waals surface area contributed by atoms with Crippen molar-refractivity contribution in [1.29, 1.82) is 0 Å². The van der Waals surface area contributed by atoms with Gasteiger partial charge in [-0.2, -0.15) is 0 Å². The van der Waals surface area contributed by atoms with Crippen LogP contribution in [0.3, 0.4) is 0 Å². The number of carbonyl (C=O) groups excluding carboxylic acids is 1. The molecule has 0 aromatic heterocycles. The van der Waals surface area contributed by atoms with Crippen LogP contribution in [0, 0.1) is 29.6 Å². The van der Waals surface area contributed by atoms with E-state index in [1.807, 2.05) is 0 Å². The molecule has 0 spiro atoms. The van der Waals surface area contributed by atoms with E-state index in [1.165, 1.54) is 48.9 Å². The number of nitrogens with one attached hydrogen (secondary N) is 1. The number of piperidine rings is 1. The van der Waals surface area contributed by atoms with Crippen molar-refractivity contribution in [2.24, 2.45) is 29.6 Å². The van der Waals surface area contributed by atoms with E-state index >= 15 is 0 Å². The zero-order chi connectivity index (χ0) is 21.2. The largest absolute Gasteiger partial charge is 0.449 e. The number of ether oxygens (including phenoxy) is 1. The lowest BCUT2D eigenvalue weighted by Gasteiger charge is -2.54. The monoisotopic (exact) mass is 435 g/mol. The molecule has 1 N–H and O–H groups in total. The first-order chi connectivity index (χ1) is 15.7. The Kier molecular flexibility index (Phi) is 4.71. The molecule has 1 aromatic carbocycles. The van der Waals surface area contributed by atoms with Gasteiger partial charge in [-0.1, -0.05) is 6.07 Å². The van der Waals surface area contributed by atoms with Gasteiger partial charge in [0.2, 0.25) is 0 Å². The van der Waals surface area contributed by atoms with Crippen molar-refractivity contribution >= 4 is 11.8 Å². The molecule has 172 valence electrons. The lowest BCUT2D eigenvalue weighted by molar-refractivity contribution is -0.0635. The van der Waals surface area contributed by atoms with Gasteiger partial charge in [0.15, 0.2) is 0 Å². The predicted molar refractivity (Wildman–Crippen MR) is 125 cm³/mol. The average molecular weight is 436 g/mol. The van der Waals surface area contributed by atoms with Gasteiger partial charge in [0.1, 0.15) is 0 Å². The number of hydrogen-bond donors (Lipinski definition) is 1. The zero-order valence-corrected chi connectivity index (χ0v) is 19.2. The number of hydrogen-bond acceptors (Lipinski definition) is 4. The summed E-state index contributed by atoms with van der Waals surface area (Å²) in [6.45, 7) is 5.72. The SMILES string of the molecule is O=C(OCC1C2CC3CC(C2)CC1C3)N1CCC2CC1c1cc(N3CCNCC3)ccc12. The molecule has 2 saturated heterocycles. The molecule has 2 unspecified atom stereocenters. The average Bonchev–Trinajstić information content (AvgIpc) is 3.10. The third kappa shape index (κ3) is 3.18. The van der Waals surface area contributed by atoms with Crippen molar-refractivity contribution in [1.82, 2.24) is 10.2 Å². The highest BCUT2D eigenvalue weighted by Gasteiger charge is 2.49. The minimum Gasteiger partial charge on any atom is -0.449 e. The molecule has 8 rings (SSSR count). The Labute approximate surface area is 191 Å². The summed E-state index contributed by atoms with van der Waals surface area (Å²) >= 11 is 0. The van der Waals surface area contributed by atoms with Crippen molar-refractivity contribution in [3.05, 3.63) is 29.3 Å². The first-order valence-electron chi connectivity index (χ1n) is 13.3. The Morgan fingerprint density at radius 3 is 2.44 bits per heavy atom. The fourth-order valence-electron chi connectivity index (χ4n) is 8.66. The second kappa shape index (κ2) is 7.65. The van der Waals surface area contributed by atoms with Gasteiger partial charge in [-0.25, -0.2) is 4.79 Å². The lowest BCUT2D eigenvalue weighted by atomic mass is 9.52. The van der Waals surface area contributed by atoms with Gasteiger partial charge in [-0.3, -0.25) is 0 Å². The number of nitrogens with zero attached hydrogens (tertiary/aromatic N) is 2. The summed E-state index contributed by atoms with van der Waals surface area (Å²) in [6, 6.07) is 7.24. The second-order valence-corrected chi connectivity index (χ2v) is 11.7. The van der Waals surface area contributed by atoms with Gasteiger partial charge in [-0.15, -0.1) is 0 Å². The number of piperazine rings is 1. The molecule has 32 heavy (non-hydrogen) atoms. The van der Waals surface area contributed by atoms with Crippen LogP contribution in [-0.2, 0) is 4.74 Å². The molecule has 6 fully saturated rings. The molecule has 1 amide bonds. The van der Waals surface area contributed by atoms with E-state index in [0.717, 1.165) is 69.2 Å². The topological polar surface area (TPSA) is 44.8 Å². The van der Waals surface area contributed by atoms with Gasteiger partial charge in [0.05, 0.1) is 12.6 Å². The summed E-state index contributed by atoms with van der Waals surface area (Å²) in [7, 11) is 0. The number of anilines is 1. The van der Waals surface area contributed by atoms with Crippen LogP contribution in [0.2, 0.25) is 0 Å². The van der Waals surface area contributed by atoms with E-state index in [4.69, 9.17) is 4.74 Å². The molecule has 2 aliphatic heterocycles. The third-order valence-corrected chi connectivity index (χ3v) is 10.0. The number of likely N-dealkylation sites (tertiary alicyclic amines) is 1. The van der Waals surface area contributed by atoms with Gasteiger partial charge < -0.3 is 19.9 Å². The molecule has 0 radical (unpaired) electrons. The first-order valence-corrected chi connectivity index (χ1v) is 13.3. The van der Waals surface area contributed by atoms with Gasteiger partial charge in [-0.05, 0) is 104 Å². The maximum Gasteiger partial charge on any atom is 0.410 e. The van der Waals surface area contributed by atoms with Crippen LogP contribution >= 0.6 is 0 Å². The molecule has 7 aliphatic rings. The van der Waals surface area contributed by atoms with Crippen molar-refractivity contribution < 1.29 is 9.53 Å². The minimum absolute atomic E-state index is 0.0531. The summed E-state index contributed by atoms with van der Waals surface area (Å²) in [4.78, 5) is 17.9. The van der Waals surface area contributed by atoms with Crippen molar-refractivity contribution in [3.8, 4) is 0 Å². The molecule has 6 bridgehead atoms. The number of amides is 1. The maximum atomic E-state index is 13.3.